The van der Waals surface area contributed by atoms with Crippen LogP contribution in [0.5, 0.6) is 0 Å². The molecule has 2 aromatic rings. The zero-order chi connectivity index (χ0) is 13.0. The molecule has 2 nitrogen and oxygen atoms in total. The maximum absolute atomic E-state index is 13.3. The molecule has 4 heteroatoms. The van der Waals surface area contributed by atoms with Crippen molar-refractivity contribution in [2.45, 2.75) is 6.54 Å². The molecule has 0 aliphatic rings. The Labute approximate surface area is 110 Å². The largest absolute Gasteiger partial charge is 0.380 e. The molecule has 0 saturated heterocycles. The van der Waals surface area contributed by atoms with E-state index in [0.29, 0.717) is 17.3 Å². The van der Waals surface area contributed by atoms with Gasteiger partial charge in [-0.15, -0.1) is 0 Å². The zero-order valence-corrected chi connectivity index (χ0v) is 10.2. The molecule has 0 aliphatic carbocycles. The number of hydrogen-bond acceptors (Lipinski definition) is 2. The molecule has 1 N–H and O–H groups in total. The summed E-state index contributed by atoms with van der Waals surface area (Å²) in [6.45, 7) is 0.509. The van der Waals surface area contributed by atoms with Gasteiger partial charge in [-0.2, -0.15) is 5.26 Å². The van der Waals surface area contributed by atoms with Gasteiger partial charge in [0, 0.05) is 11.6 Å². The lowest BCUT2D eigenvalue weighted by Crippen LogP contribution is -2.02. The summed E-state index contributed by atoms with van der Waals surface area (Å²) in [7, 11) is 0. The van der Waals surface area contributed by atoms with Crippen molar-refractivity contribution in [1.29, 1.82) is 5.26 Å². The van der Waals surface area contributed by atoms with Gasteiger partial charge in [-0.3, -0.25) is 0 Å². The van der Waals surface area contributed by atoms with Gasteiger partial charge in [0.2, 0.25) is 0 Å². The van der Waals surface area contributed by atoms with Crippen LogP contribution in [-0.2, 0) is 6.54 Å². The van der Waals surface area contributed by atoms with E-state index in [1.165, 1.54) is 6.07 Å². The topological polar surface area (TPSA) is 35.8 Å². The van der Waals surface area contributed by atoms with E-state index < -0.39 is 5.82 Å². The smallest absolute Gasteiger partial charge is 0.143 e. The second kappa shape index (κ2) is 5.52. The van der Waals surface area contributed by atoms with Crippen LogP contribution in [0.25, 0.3) is 0 Å². The lowest BCUT2D eigenvalue weighted by molar-refractivity contribution is 0.624. The highest BCUT2D eigenvalue weighted by Crippen LogP contribution is 2.19. The molecule has 90 valence electrons. The predicted octanol–water partition coefficient (Wildman–Crippen LogP) is 3.96. The van der Waals surface area contributed by atoms with E-state index in [-0.39, 0.29) is 5.56 Å². The normalized spacial score (nSPS) is 9.83. The van der Waals surface area contributed by atoms with E-state index in [4.69, 9.17) is 16.9 Å². The third-order valence-electron chi connectivity index (χ3n) is 2.52. The zero-order valence-electron chi connectivity index (χ0n) is 9.45. The average molecular weight is 261 g/mol. The third-order valence-corrected chi connectivity index (χ3v) is 2.77. The SMILES string of the molecule is N#Cc1c(F)cccc1NCc1ccc(Cl)cc1. The van der Waals surface area contributed by atoms with Gasteiger partial charge in [0.1, 0.15) is 17.4 Å². The number of nitrogens with zero attached hydrogens (tertiary/aromatic N) is 1. The summed E-state index contributed by atoms with van der Waals surface area (Å²) in [6.07, 6.45) is 0. The molecule has 0 saturated carbocycles. The van der Waals surface area contributed by atoms with Crippen molar-refractivity contribution in [3.8, 4) is 6.07 Å². The van der Waals surface area contributed by atoms with Crippen molar-refractivity contribution in [2.75, 3.05) is 5.32 Å². The Hall–Kier alpha value is -2.05. The van der Waals surface area contributed by atoms with Crippen LogP contribution < -0.4 is 5.32 Å². The first-order valence-corrected chi connectivity index (χ1v) is 5.75. The second-order valence-electron chi connectivity index (χ2n) is 3.75. The summed E-state index contributed by atoms with van der Waals surface area (Å²) in [6, 6.07) is 13.7. The highest BCUT2D eigenvalue weighted by atomic mass is 35.5. The van der Waals surface area contributed by atoms with Gasteiger partial charge in [-0.05, 0) is 29.8 Å². The highest BCUT2D eigenvalue weighted by molar-refractivity contribution is 6.30. The molecule has 0 aromatic heterocycles. The average Bonchev–Trinajstić information content (AvgIpc) is 2.38. The summed E-state index contributed by atoms with van der Waals surface area (Å²) in [5.74, 6) is -0.515. The summed E-state index contributed by atoms with van der Waals surface area (Å²) in [4.78, 5) is 0. The maximum atomic E-state index is 13.3. The van der Waals surface area contributed by atoms with Crippen LogP contribution in [0.4, 0.5) is 10.1 Å². The van der Waals surface area contributed by atoms with Crippen molar-refractivity contribution >= 4 is 17.3 Å². The first-order chi connectivity index (χ1) is 8.70. The Morgan fingerprint density at radius 1 is 1.17 bits per heavy atom. The number of halogens is 2. The van der Waals surface area contributed by atoms with Gasteiger partial charge >= 0.3 is 0 Å². The van der Waals surface area contributed by atoms with Crippen molar-refractivity contribution in [3.63, 3.8) is 0 Å². The van der Waals surface area contributed by atoms with Gasteiger partial charge in [0.15, 0.2) is 0 Å². The maximum Gasteiger partial charge on any atom is 0.143 e. The quantitative estimate of drug-likeness (QED) is 0.907. The van der Waals surface area contributed by atoms with E-state index >= 15 is 0 Å². The highest BCUT2D eigenvalue weighted by Gasteiger charge is 2.06. The van der Waals surface area contributed by atoms with Crippen molar-refractivity contribution in [2.24, 2.45) is 0 Å². The Kier molecular flexibility index (Phi) is 3.81. The first kappa shape index (κ1) is 12.4. The van der Waals surface area contributed by atoms with Gasteiger partial charge in [0.25, 0.3) is 0 Å². The van der Waals surface area contributed by atoms with Gasteiger partial charge in [-0.1, -0.05) is 29.8 Å². The fourth-order valence-electron chi connectivity index (χ4n) is 1.58. The molecule has 0 radical (unpaired) electrons. The monoisotopic (exact) mass is 260 g/mol. The Morgan fingerprint density at radius 2 is 1.89 bits per heavy atom. The molecule has 0 heterocycles. The Bertz CT molecular complexity index is 588. The molecule has 2 rings (SSSR count). The molecule has 0 amide bonds. The fraction of sp³-hybridized carbons (Fsp3) is 0.0714. The van der Waals surface area contributed by atoms with E-state index in [1.807, 2.05) is 18.2 Å². The van der Waals surface area contributed by atoms with E-state index in [0.717, 1.165) is 5.56 Å². The minimum Gasteiger partial charge on any atom is -0.380 e. The van der Waals surface area contributed by atoms with Crippen molar-refractivity contribution in [3.05, 3.63) is 64.4 Å². The molecule has 0 bridgehead atoms. The summed E-state index contributed by atoms with van der Waals surface area (Å²) >= 11 is 5.78. The third kappa shape index (κ3) is 2.79. The van der Waals surface area contributed by atoms with Crippen LogP contribution in [0.1, 0.15) is 11.1 Å². The number of nitriles is 1. The minimum atomic E-state index is -0.515. The molecule has 18 heavy (non-hydrogen) atoms. The van der Waals surface area contributed by atoms with E-state index in [2.05, 4.69) is 5.32 Å². The van der Waals surface area contributed by atoms with Crippen LogP contribution >= 0.6 is 11.6 Å². The van der Waals surface area contributed by atoms with Gasteiger partial charge in [-0.25, -0.2) is 4.39 Å². The molecular formula is C14H10ClFN2. The van der Waals surface area contributed by atoms with Crippen LogP contribution in [0, 0.1) is 17.1 Å². The lowest BCUT2D eigenvalue weighted by atomic mass is 10.1. The number of hydrogen-bond donors (Lipinski definition) is 1. The Balaban J connectivity index is 2.14. The number of benzene rings is 2. The van der Waals surface area contributed by atoms with Crippen LogP contribution in [0.2, 0.25) is 5.02 Å². The molecule has 0 spiro atoms. The number of nitrogens with one attached hydrogen (secondary N) is 1. The van der Waals surface area contributed by atoms with E-state index in [9.17, 15) is 4.39 Å². The molecule has 0 aliphatic heterocycles. The minimum absolute atomic E-state index is 0.0338. The van der Waals surface area contributed by atoms with Gasteiger partial charge < -0.3 is 5.32 Å². The Morgan fingerprint density at radius 3 is 2.56 bits per heavy atom. The molecule has 0 atom stereocenters. The second-order valence-corrected chi connectivity index (χ2v) is 4.19. The van der Waals surface area contributed by atoms with Crippen molar-refractivity contribution < 1.29 is 4.39 Å². The number of rotatable bonds is 3. The van der Waals surface area contributed by atoms with E-state index in [1.54, 1.807) is 24.3 Å². The molecular weight excluding hydrogens is 251 g/mol. The van der Waals surface area contributed by atoms with Crippen LogP contribution in [0.15, 0.2) is 42.5 Å². The first-order valence-electron chi connectivity index (χ1n) is 5.37. The summed E-state index contributed by atoms with van der Waals surface area (Å²) < 4.78 is 13.3. The van der Waals surface area contributed by atoms with Crippen LogP contribution in [0.3, 0.4) is 0 Å². The fourth-order valence-corrected chi connectivity index (χ4v) is 1.71. The summed E-state index contributed by atoms with van der Waals surface area (Å²) in [5.41, 5.74) is 1.53. The molecule has 0 unspecified atom stereocenters. The standard InChI is InChI=1S/C14H10ClFN2/c15-11-6-4-10(5-7-11)9-18-14-3-1-2-13(16)12(14)8-17/h1-7,18H,9H2. The van der Waals surface area contributed by atoms with Crippen LogP contribution in [-0.4, -0.2) is 0 Å². The summed E-state index contributed by atoms with van der Waals surface area (Å²) in [5, 5.41) is 12.6. The predicted molar refractivity (Wildman–Crippen MR) is 69.9 cm³/mol. The van der Waals surface area contributed by atoms with Gasteiger partial charge in [0.05, 0.1) is 5.69 Å². The molecule has 0 fully saturated rings. The lowest BCUT2D eigenvalue weighted by Gasteiger charge is -2.08. The van der Waals surface area contributed by atoms with Crippen molar-refractivity contribution in [1.82, 2.24) is 0 Å². The molecule has 2 aromatic carbocycles. The number of anilines is 1.